The minimum Gasteiger partial charge on any atom is -0.454 e. The molecular weight excluding hydrogens is 392 g/mol. The fourth-order valence-corrected chi connectivity index (χ4v) is 4.33. The quantitative estimate of drug-likeness (QED) is 0.633. The van der Waals surface area contributed by atoms with E-state index in [1.54, 1.807) is 13.8 Å². The first kappa shape index (κ1) is 21.7. The molecule has 0 heterocycles. The van der Waals surface area contributed by atoms with Crippen molar-refractivity contribution in [1.29, 1.82) is 0 Å². The van der Waals surface area contributed by atoms with E-state index in [4.69, 9.17) is 16.3 Å². The highest BCUT2D eigenvalue weighted by Gasteiger charge is 2.30. The number of esters is 1. The zero-order valence-corrected chi connectivity index (χ0v) is 17.0. The van der Waals surface area contributed by atoms with Gasteiger partial charge >= 0.3 is 5.97 Å². The molecule has 27 heavy (non-hydrogen) atoms. The standard InChI is InChI=1S/C18H25ClN2O5S/c1-12(2)17(21-27(24,25)15-9-7-13(19)8-10-15)18(23)26-11-16(22)20-14-5-3-4-6-14/h7-10,12,14,17,21H,3-6,11H2,1-2H3,(H,20,22)/t17-/m1/s1. The molecule has 1 aliphatic rings. The lowest BCUT2D eigenvalue weighted by molar-refractivity contribution is -0.151. The van der Waals surface area contributed by atoms with Crippen LogP contribution in [-0.2, 0) is 24.3 Å². The minimum atomic E-state index is -3.93. The van der Waals surface area contributed by atoms with Crippen molar-refractivity contribution in [2.45, 2.75) is 56.5 Å². The van der Waals surface area contributed by atoms with Crippen LogP contribution in [0.15, 0.2) is 29.2 Å². The smallest absolute Gasteiger partial charge is 0.324 e. The van der Waals surface area contributed by atoms with Gasteiger partial charge in [-0.2, -0.15) is 4.72 Å². The van der Waals surface area contributed by atoms with Crippen LogP contribution in [0.4, 0.5) is 0 Å². The van der Waals surface area contributed by atoms with Gasteiger partial charge in [0.05, 0.1) is 4.90 Å². The lowest BCUT2D eigenvalue weighted by Crippen LogP contribution is -2.46. The van der Waals surface area contributed by atoms with Crippen LogP contribution < -0.4 is 10.0 Å². The molecule has 9 heteroatoms. The fourth-order valence-electron chi connectivity index (χ4n) is 2.87. The van der Waals surface area contributed by atoms with Gasteiger partial charge in [-0.1, -0.05) is 38.3 Å². The molecule has 0 saturated heterocycles. The summed E-state index contributed by atoms with van der Waals surface area (Å²) < 4.78 is 32.4. The summed E-state index contributed by atoms with van der Waals surface area (Å²) in [4.78, 5) is 24.2. The summed E-state index contributed by atoms with van der Waals surface area (Å²) in [5, 5.41) is 3.22. The molecule has 150 valence electrons. The summed E-state index contributed by atoms with van der Waals surface area (Å²) in [6.45, 7) is 2.95. The molecule has 0 spiro atoms. The van der Waals surface area contributed by atoms with Crippen LogP contribution in [0.2, 0.25) is 5.02 Å². The Bertz CT molecular complexity index is 758. The Labute approximate surface area is 164 Å². The van der Waals surface area contributed by atoms with E-state index >= 15 is 0 Å². The van der Waals surface area contributed by atoms with Gasteiger partial charge < -0.3 is 10.1 Å². The summed E-state index contributed by atoms with van der Waals surface area (Å²) in [5.74, 6) is -1.53. The highest BCUT2D eigenvalue weighted by atomic mass is 35.5. The molecule has 0 radical (unpaired) electrons. The van der Waals surface area contributed by atoms with Gasteiger partial charge in [-0.3, -0.25) is 9.59 Å². The molecule has 7 nitrogen and oxygen atoms in total. The van der Waals surface area contributed by atoms with E-state index in [1.807, 2.05) is 0 Å². The number of sulfonamides is 1. The highest BCUT2D eigenvalue weighted by molar-refractivity contribution is 7.89. The van der Waals surface area contributed by atoms with Crippen molar-refractivity contribution in [2.75, 3.05) is 6.61 Å². The number of carbonyl (C=O) groups excluding carboxylic acids is 2. The van der Waals surface area contributed by atoms with E-state index in [0.717, 1.165) is 25.7 Å². The predicted octanol–water partition coefficient (Wildman–Crippen LogP) is 2.24. The summed E-state index contributed by atoms with van der Waals surface area (Å²) in [6.07, 6.45) is 4.00. The second-order valence-corrected chi connectivity index (χ2v) is 9.10. The molecule has 1 aliphatic carbocycles. The van der Waals surface area contributed by atoms with Gasteiger partial charge in [-0.05, 0) is 43.0 Å². The number of nitrogens with one attached hydrogen (secondary N) is 2. The van der Waals surface area contributed by atoms with E-state index < -0.39 is 28.6 Å². The predicted molar refractivity (Wildman–Crippen MR) is 102 cm³/mol. The minimum absolute atomic E-state index is 0.00988. The van der Waals surface area contributed by atoms with Crippen molar-refractivity contribution in [2.24, 2.45) is 5.92 Å². The Hall–Kier alpha value is -1.64. The summed E-state index contributed by atoms with van der Waals surface area (Å²) in [5.41, 5.74) is 0. The maximum Gasteiger partial charge on any atom is 0.324 e. The van der Waals surface area contributed by atoms with Crippen LogP contribution in [0.1, 0.15) is 39.5 Å². The molecule has 1 aromatic carbocycles. The van der Waals surface area contributed by atoms with Crippen LogP contribution in [0.5, 0.6) is 0 Å². The van der Waals surface area contributed by atoms with Crippen LogP contribution in [0, 0.1) is 5.92 Å². The molecule has 0 aromatic heterocycles. The number of ether oxygens (including phenoxy) is 1. The van der Waals surface area contributed by atoms with Crippen molar-refractivity contribution in [3.63, 3.8) is 0 Å². The number of benzene rings is 1. The Morgan fingerprint density at radius 3 is 2.33 bits per heavy atom. The van der Waals surface area contributed by atoms with Crippen molar-refractivity contribution >= 4 is 33.5 Å². The maximum absolute atomic E-state index is 12.5. The third kappa shape index (κ3) is 6.48. The lowest BCUT2D eigenvalue weighted by Gasteiger charge is -2.21. The third-order valence-electron chi connectivity index (χ3n) is 4.39. The van der Waals surface area contributed by atoms with Crippen LogP contribution in [-0.4, -0.2) is 39.0 Å². The van der Waals surface area contributed by atoms with E-state index in [-0.39, 0.29) is 22.8 Å². The van der Waals surface area contributed by atoms with Crippen LogP contribution in [0.3, 0.4) is 0 Å². The first-order chi connectivity index (χ1) is 12.7. The second kappa shape index (κ2) is 9.52. The van der Waals surface area contributed by atoms with Gasteiger partial charge in [0.2, 0.25) is 10.0 Å². The highest BCUT2D eigenvalue weighted by Crippen LogP contribution is 2.18. The van der Waals surface area contributed by atoms with Crippen LogP contribution >= 0.6 is 11.6 Å². The van der Waals surface area contributed by atoms with Gasteiger partial charge in [0.15, 0.2) is 6.61 Å². The number of carbonyl (C=O) groups is 2. The van der Waals surface area contributed by atoms with Gasteiger partial charge in [-0.25, -0.2) is 8.42 Å². The molecule has 1 fully saturated rings. The Balaban J connectivity index is 1.95. The molecule has 0 aliphatic heterocycles. The van der Waals surface area contributed by atoms with Gasteiger partial charge in [0.25, 0.3) is 5.91 Å². The molecule has 0 unspecified atom stereocenters. The fraction of sp³-hybridized carbons (Fsp3) is 0.556. The molecular formula is C18H25ClN2O5S. The van der Waals surface area contributed by atoms with Gasteiger partial charge in [0, 0.05) is 11.1 Å². The monoisotopic (exact) mass is 416 g/mol. The first-order valence-electron chi connectivity index (χ1n) is 8.93. The Kier molecular flexibility index (Phi) is 7.64. The third-order valence-corrected chi connectivity index (χ3v) is 6.10. The first-order valence-corrected chi connectivity index (χ1v) is 10.8. The number of rotatable bonds is 8. The topological polar surface area (TPSA) is 102 Å². The average Bonchev–Trinajstić information content (AvgIpc) is 3.10. The van der Waals surface area contributed by atoms with Gasteiger partial charge in [-0.15, -0.1) is 0 Å². The van der Waals surface area contributed by atoms with E-state index in [2.05, 4.69) is 10.0 Å². The Morgan fingerprint density at radius 1 is 1.19 bits per heavy atom. The van der Waals surface area contributed by atoms with E-state index in [9.17, 15) is 18.0 Å². The Morgan fingerprint density at radius 2 is 1.78 bits per heavy atom. The average molecular weight is 417 g/mol. The molecule has 0 bridgehead atoms. The summed E-state index contributed by atoms with van der Waals surface area (Å²) >= 11 is 5.77. The zero-order chi connectivity index (χ0) is 20.0. The van der Waals surface area contributed by atoms with Crippen molar-refractivity contribution in [3.8, 4) is 0 Å². The SMILES string of the molecule is CC(C)[C@@H](NS(=O)(=O)c1ccc(Cl)cc1)C(=O)OCC(=O)NC1CCCC1. The number of amides is 1. The van der Waals surface area contributed by atoms with Gasteiger partial charge in [0.1, 0.15) is 6.04 Å². The van der Waals surface area contributed by atoms with Crippen molar-refractivity contribution in [3.05, 3.63) is 29.3 Å². The van der Waals surface area contributed by atoms with Crippen molar-refractivity contribution < 1.29 is 22.7 Å². The summed E-state index contributed by atoms with van der Waals surface area (Å²) in [7, 11) is -3.93. The molecule has 1 amide bonds. The number of halogens is 1. The largest absolute Gasteiger partial charge is 0.454 e. The zero-order valence-electron chi connectivity index (χ0n) is 15.4. The molecule has 1 atom stereocenters. The second-order valence-electron chi connectivity index (χ2n) is 6.95. The normalized spacial score (nSPS) is 16.3. The maximum atomic E-state index is 12.5. The van der Waals surface area contributed by atoms with Crippen molar-refractivity contribution in [1.82, 2.24) is 10.0 Å². The molecule has 1 saturated carbocycles. The molecule has 1 aromatic rings. The lowest BCUT2D eigenvalue weighted by atomic mass is 10.1. The molecule has 2 N–H and O–H groups in total. The summed E-state index contributed by atoms with van der Waals surface area (Å²) in [6, 6.07) is 4.62. The molecule has 2 rings (SSSR count). The number of hydrogen-bond donors (Lipinski definition) is 2. The van der Waals surface area contributed by atoms with Crippen LogP contribution in [0.25, 0.3) is 0 Å². The van der Waals surface area contributed by atoms with E-state index in [0.29, 0.717) is 5.02 Å². The number of hydrogen-bond acceptors (Lipinski definition) is 5. The van der Waals surface area contributed by atoms with E-state index in [1.165, 1.54) is 24.3 Å².